The summed E-state index contributed by atoms with van der Waals surface area (Å²) in [7, 11) is -0.811. The van der Waals surface area contributed by atoms with Crippen LogP contribution in [-0.2, 0) is 30.4 Å². The average molecular weight is 569 g/mol. The summed E-state index contributed by atoms with van der Waals surface area (Å²) < 4.78 is 16.3. The highest BCUT2D eigenvalue weighted by molar-refractivity contribution is 7.79. The van der Waals surface area contributed by atoms with Gasteiger partial charge >= 0.3 is 11.9 Å². The summed E-state index contributed by atoms with van der Waals surface area (Å²) in [5.74, 6) is -1.83. The summed E-state index contributed by atoms with van der Waals surface area (Å²) in [6, 6.07) is 37.2. The van der Waals surface area contributed by atoms with Crippen LogP contribution in [0.3, 0.4) is 0 Å². The maximum Gasteiger partial charge on any atom is 0.347 e. The number of ketones is 1. The highest BCUT2D eigenvalue weighted by Crippen LogP contribution is 2.32. The summed E-state index contributed by atoms with van der Waals surface area (Å²) in [5.41, 5.74) is 1.25. The van der Waals surface area contributed by atoms with E-state index in [-0.39, 0.29) is 12.4 Å². The minimum Gasteiger partial charge on any atom is -0.452 e. The van der Waals surface area contributed by atoms with Crippen molar-refractivity contribution in [1.82, 2.24) is 0 Å². The Labute approximate surface area is 242 Å². The van der Waals surface area contributed by atoms with Crippen LogP contribution in [0.2, 0.25) is 0 Å². The number of esters is 2. The molecule has 0 fully saturated rings. The lowest BCUT2D eigenvalue weighted by Crippen LogP contribution is -2.37. The fourth-order valence-electron chi connectivity index (χ4n) is 4.16. The standard InChI is InChI=1S/C34H33O6P/c1-24(38-23-27-13-7-4-8-14-27)32(35)25(2)39-33(36)26(3)40-34(37)28-19-21-31(22-20-28)41(29-15-9-5-10-16-29)30-17-11-6-12-18-30/h4-22,24-26H,23H2,1-3H3. The van der Waals surface area contributed by atoms with Crippen molar-refractivity contribution < 1.29 is 28.6 Å². The zero-order valence-corrected chi connectivity index (χ0v) is 24.2. The summed E-state index contributed by atoms with van der Waals surface area (Å²) >= 11 is 0. The van der Waals surface area contributed by atoms with Gasteiger partial charge in [-0.3, -0.25) is 4.79 Å². The predicted octanol–water partition coefficient (Wildman–Crippen LogP) is 5.10. The number of ether oxygens (including phenoxy) is 3. The van der Waals surface area contributed by atoms with Crippen molar-refractivity contribution in [2.45, 2.75) is 45.7 Å². The Morgan fingerprint density at radius 1 is 0.585 bits per heavy atom. The highest BCUT2D eigenvalue weighted by atomic mass is 31.1. The topological polar surface area (TPSA) is 78.9 Å². The smallest absolute Gasteiger partial charge is 0.347 e. The van der Waals surface area contributed by atoms with Gasteiger partial charge in [-0.15, -0.1) is 0 Å². The van der Waals surface area contributed by atoms with E-state index < -0.39 is 38.2 Å². The fraction of sp³-hybridized carbons (Fsp3) is 0.206. The van der Waals surface area contributed by atoms with Gasteiger partial charge in [-0.25, -0.2) is 9.59 Å². The minimum atomic E-state index is -1.19. The molecule has 0 aliphatic rings. The van der Waals surface area contributed by atoms with Gasteiger partial charge in [0.15, 0.2) is 12.2 Å². The third kappa shape index (κ3) is 8.20. The molecule has 0 aliphatic heterocycles. The van der Waals surface area contributed by atoms with E-state index in [2.05, 4.69) is 24.3 Å². The number of hydrogen-bond donors (Lipinski definition) is 0. The van der Waals surface area contributed by atoms with Crippen LogP contribution >= 0.6 is 7.92 Å². The average Bonchev–Trinajstić information content (AvgIpc) is 3.01. The van der Waals surface area contributed by atoms with Gasteiger partial charge in [0, 0.05) is 0 Å². The van der Waals surface area contributed by atoms with Gasteiger partial charge in [0.2, 0.25) is 5.78 Å². The van der Waals surface area contributed by atoms with Crippen LogP contribution in [0.15, 0.2) is 115 Å². The van der Waals surface area contributed by atoms with Crippen LogP contribution in [0.4, 0.5) is 0 Å². The van der Waals surface area contributed by atoms with Crippen molar-refractivity contribution in [3.63, 3.8) is 0 Å². The molecule has 0 bridgehead atoms. The lowest BCUT2D eigenvalue weighted by Gasteiger charge is -2.20. The van der Waals surface area contributed by atoms with Gasteiger partial charge in [-0.2, -0.15) is 0 Å². The van der Waals surface area contributed by atoms with E-state index in [1.165, 1.54) is 24.5 Å². The molecule has 0 spiro atoms. The summed E-state index contributed by atoms with van der Waals surface area (Å²) in [6.07, 6.45) is -3.01. The largest absolute Gasteiger partial charge is 0.452 e. The Morgan fingerprint density at radius 2 is 1.07 bits per heavy atom. The molecule has 4 aromatic carbocycles. The molecule has 41 heavy (non-hydrogen) atoms. The van der Waals surface area contributed by atoms with Crippen molar-refractivity contribution in [2.24, 2.45) is 0 Å². The monoisotopic (exact) mass is 568 g/mol. The van der Waals surface area contributed by atoms with E-state index in [9.17, 15) is 14.4 Å². The van der Waals surface area contributed by atoms with Crippen LogP contribution in [0.1, 0.15) is 36.7 Å². The van der Waals surface area contributed by atoms with Crippen molar-refractivity contribution in [3.8, 4) is 0 Å². The van der Waals surface area contributed by atoms with Gasteiger partial charge in [0.25, 0.3) is 0 Å². The van der Waals surface area contributed by atoms with Crippen LogP contribution in [-0.4, -0.2) is 36.0 Å². The molecule has 3 unspecified atom stereocenters. The van der Waals surface area contributed by atoms with Crippen LogP contribution < -0.4 is 15.9 Å². The molecule has 210 valence electrons. The Kier molecular flexibility index (Phi) is 10.6. The quantitative estimate of drug-likeness (QED) is 0.175. The first-order valence-electron chi connectivity index (χ1n) is 13.4. The summed E-state index contributed by atoms with van der Waals surface area (Å²) in [4.78, 5) is 38.1. The van der Waals surface area contributed by atoms with E-state index in [1.807, 2.05) is 78.9 Å². The number of carbonyl (C=O) groups excluding carboxylic acids is 3. The molecule has 0 aromatic heterocycles. The van der Waals surface area contributed by atoms with Gasteiger partial charge in [-0.05, 0) is 62.3 Å². The Bertz CT molecular complexity index is 1390. The van der Waals surface area contributed by atoms with E-state index in [0.717, 1.165) is 10.9 Å². The summed E-state index contributed by atoms with van der Waals surface area (Å²) in [6.45, 7) is 4.78. The van der Waals surface area contributed by atoms with Crippen molar-refractivity contribution in [3.05, 3.63) is 126 Å². The SMILES string of the molecule is CC(OC(=O)c1ccc(P(c2ccccc2)c2ccccc2)cc1)C(=O)OC(C)C(=O)C(C)OCc1ccccc1. The predicted molar refractivity (Wildman–Crippen MR) is 161 cm³/mol. The molecular formula is C34H33O6P. The van der Waals surface area contributed by atoms with Gasteiger partial charge in [0.1, 0.15) is 6.10 Å². The second-order valence-electron chi connectivity index (χ2n) is 9.52. The summed E-state index contributed by atoms with van der Waals surface area (Å²) in [5, 5.41) is 3.48. The van der Waals surface area contributed by atoms with E-state index in [1.54, 1.807) is 19.1 Å². The number of carbonyl (C=O) groups is 3. The number of hydrogen-bond acceptors (Lipinski definition) is 6. The Morgan fingerprint density at radius 3 is 1.61 bits per heavy atom. The second-order valence-corrected chi connectivity index (χ2v) is 11.7. The molecular weight excluding hydrogens is 535 g/mol. The van der Waals surface area contributed by atoms with Crippen molar-refractivity contribution in [2.75, 3.05) is 0 Å². The molecule has 4 aromatic rings. The van der Waals surface area contributed by atoms with Crippen LogP contribution in [0, 0.1) is 0 Å². The molecule has 6 nitrogen and oxygen atoms in total. The molecule has 0 N–H and O–H groups in total. The normalized spacial score (nSPS) is 13.2. The maximum atomic E-state index is 12.8. The second kappa shape index (κ2) is 14.5. The minimum absolute atomic E-state index is 0.264. The molecule has 0 saturated heterocycles. The number of rotatable bonds is 12. The van der Waals surface area contributed by atoms with Gasteiger partial charge in [-0.1, -0.05) is 103 Å². The zero-order valence-electron chi connectivity index (χ0n) is 23.3. The van der Waals surface area contributed by atoms with Crippen molar-refractivity contribution in [1.29, 1.82) is 0 Å². The highest BCUT2D eigenvalue weighted by Gasteiger charge is 2.28. The van der Waals surface area contributed by atoms with Gasteiger partial charge < -0.3 is 14.2 Å². The first kappa shape index (κ1) is 29.9. The molecule has 0 saturated carbocycles. The molecule has 4 rings (SSSR count). The zero-order chi connectivity index (χ0) is 29.2. The number of benzene rings is 4. The number of Topliss-reactive ketones (excluding diaryl/α,β-unsaturated/α-hetero) is 1. The lowest BCUT2D eigenvalue weighted by atomic mass is 10.1. The van der Waals surface area contributed by atoms with Crippen LogP contribution in [0.5, 0.6) is 0 Å². The fourth-order valence-corrected chi connectivity index (χ4v) is 6.44. The molecule has 0 aliphatic carbocycles. The van der Waals surface area contributed by atoms with Crippen LogP contribution in [0.25, 0.3) is 0 Å². The van der Waals surface area contributed by atoms with E-state index >= 15 is 0 Å². The molecule has 3 atom stereocenters. The first-order chi connectivity index (χ1) is 19.8. The van der Waals surface area contributed by atoms with E-state index in [4.69, 9.17) is 14.2 Å². The maximum absolute atomic E-state index is 12.8. The van der Waals surface area contributed by atoms with E-state index in [0.29, 0.717) is 5.56 Å². The molecule has 0 radical (unpaired) electrons. The lowest BCUT2D eigenvalue weighted by molar-refractivity contribution is -0.164. The molecule has 7 heteroatoms. The first-order valence-corrected chi connectivity index (χ1v) is 14.8. The third-order valence-corrected chi connectivity index (χ3v) is 8.89. The third-order valence-electron chi connectivity index (χ3n) is 6.44. The van der Waals surface area contributed by atoms with Crippen molar-refractivity contribution >= 4 is 41.6 Å². The Hall–Kier alpha value is -4.12. The van der Waals surface area contributed by atoms with Gasteiger partial charge in [0.05, 0.1) is 12.2 Å². The Balaban J connectivity index is 1.34. The molecule has 0 heterocycles. The molecule has 0 amide bonds.